The van der Waals surface area contributed by atoms with Crippen LogP contribution in [0, 0.1) is 19.7 Å². The van der Waals surface area contributed by atoms with Gasteiger partial charge in [-0.15, -0.1) is 0 Å². The lowest BCUT2D eigenvalue weighted by atomic mass is 10.1. The highest BCUT2D eigenvalue weighted by Gasteiger charge is 2.14. The number of rotatable bonds is 1. The highest BCUT2D eigenvalue weighted by molar-refractivity contribution is 7.89. The molecule has 3 nitrogen and oxygen atoms in total. The van der Waals surface area contributed by atoms with Crippen molar-refractivity contribution < 1.29 is 12.8 Å². The Labute approximate surface area is 76.4 Å². The summed E-state index contributed by atoms with van der Waals surface area (Å²) in [6, 6.07) is 2.27. The van der Waals surface area contributed by atoms with Gasteiger partial charge in [0, 0.05) is 0 Å². The van der Waals surface area contributed by atoms with Gasteiger partial charge < -0.3 is 0 Å². The molecule has 72 valence electrons. The minimum absolute atomic E-state index is 0.0219. The first-order valence-electron chi connectivity index (χ1n) is 3.62. The molecule has 0 aromatic heterocycles. The van der Waals surface area contributed by atoms with Crippen LogP contribution in [-0.2, 0) is 10.0 Å². The van der Waals surface area contributed by atoms with Gasteiger partial charge in [-0.2, -0.15) is 0 Å². The normalized spacial score (nSPS) is 11.7. The topological polar surface area (TPSA) is 60.2 Å². The van der Waals surface area contributed by atoms with E-state index in [0.29, 0.717) is 11.1 Å². The smallest absolute Gasteiger partial charge is 0.225 e. The lowest BCUT2D eigenvalue weighted by molar-refractivity contribution is 0.594. The zero-order valence-corrected chi connectivity index (χ0v) is 8.15. The molecule has 0 heterocycles. The van der Waals surface area contributed by atoms with Crippen molar-refractivity contribution in [2.24, 2.45) is 5.14 Å². The van der Waals surface area contributed by atoms with Gasteiger partial charge in [-0.25, -0.2) is 17.9 Å². The molecule has 5 heteroatoms. The zero-order valence-electron chi connectivity index (χ0n) is 7.33. The monoisotopic (exact) mass is 203 g/mol. The Bertz CT molecular complexity index is 440. The lowest BCUT2D eigenvalue weighted by Gasteiger charge is -2.06. The predicted octanol–water partition coefficient (Wildman–Crippen LogP) is 1.09. The van der Waals surface area contributed by atoms with Crippen molar-refractivity contribution in [1.82, 2.24) is 0 Å². The van der Waals surface area contributed by atoms with Crippen LogP contribution in [0.5, 0.6) is 0 Å². The molecule has 13 heavy (non-hydrogen) atoms. The van der Waals surface area contributed by atoms with Crippen LogP contribution in [0.15, 0.2) is 17.0 Å². The standard InChI is InChI=1S/C8H10FNO2S/c1-5-6(2)8(13(10,11)12)4-3-7(5)9/h3-4H,1-2H3,(H2,10,11,12). The summed E-state index contributed by atoms with van der Waals surface area (Å²) in [5.74, 6) is -0.426. The van der Waals surface area contributed by atoms with Crippen LogP contribution >= 0.6 is 0 Å². The molecule has 0 aliphatic heterocycles. The molecule has 0 aliphatic rings. The molecule has 0 spiro atoms. The van der Waals surface area contributed by atoms with Crippen LogP contribution < -0.4 is 5.14 Å². The lowest BCUT2D eigenvalue weighted by Crippen LogP contribution is -2.14. The minimum atomic E-state index is -3.74. The van der Waals surface area contributed by atoms with E-state index in [1.54, 1.807) is 0 Å². The molecule has 2 N–H and O–H groups in total. The van der Waals surface area contributed by atoms with E-state index in [4.69, 9.17) is 5.14 Å². The van der Waals surface area contributed by atoms with Gasteiger partial charge in [-0.05, 0) is 37.1 Å². The highest BCUT2D eigenvalue weighted by Crippen LogP contribution is 2.19. The van der Waals surface area contributed by atoms with Gasteiger partial charge >= 0.3 is 0 Å². The molecule has 0 radical (unpaired) electrons. The summed E-state index contributed by atoms with van der Waals surface area (Å²) >= 11 is 0. The zero-order chi connectivity index (χ0) is 10.2. The first-order chi connectivity index (χ1) is 5.84. The van der Waals surface area contributed by atoms with Crippen molar-refractivity contribution in [3.05, 3.63) is 29.1 Å². The fraction of sp³-hybridized carbons (Fsp3) is 0.250. The van der Waals surface area contributed by atoms with Gasteiger partial charge in [0.25, 0.3) is 0 Å². The van der Waals surface area contributed by atoms with Crippen molar-refractivity contribution in [2.75, 3.05) is 0 Å². The first kappa shape index (κ1) is 10.1. The van der Waals surface area contributed by atoms with Crippen molar-refractivity contribution in [1.29, 1.82) is 0 Å². The number of primary sulfonamides is 1. The first-order valence-corrected chi connectivity index (χ1v) is 5.17. The average molecular weight is 203 g/mol. The molecule has 0 unspecified atom stereocenters. The quantitative estimate of drug-likeness (QED) is 0.742. The molecular formula is C8H10FNO2S. The fourth-order valence-electron chi connectivity index (χ4n) is 1.07. The third-order valence-corrected chi connectivity index (χ3v) is 3.03. The van der Waals surface area contributed by atoms with Gasteiger partial charge in [0.05, 0.1) is 4.90 Å². The van der Waals surface area contributed by atoms with Crippen LogP contribution in [0.4, 0.5) is 4.39 Å². The Kier molecular flexibility index (Phi) is 2.40. The summed E-state index contributed by atoms with van der Waals surface area (Å²) in [4.78, 5) is -0.0219. The number of sulfonamides is 1. The van der Waals surface area contributed by atoms with Crippen LogP contribution in [0.1, 0.15) is 11.1 Å². The van der Waals surface area contributed by atoms with E-state index in [1.165, 1.54) is 19.9 Å². The van der Waals surface area contributed by atoms with Crippen LogP contribution in [0.25, 0.3) is 0 Å². The summed E-state index contributed by atoms with van der Waals surface area (Å²) in [6.07, 6.45) is 0. The van der Waals surface area contributed by atoms with Crippen molar-refractivity contribution >= 4 is 10.0 Å². The van der Waals surface area contributed by atoms with E-state index in [0.717, 1.165) is 6.07 Å². The third-order valence-electron chi connectivity index (χ3n) is 1.98. The summed E-state index contributed by atoms with van der Waals surface area (Å²) < 4.78 is 34.9. The Balaban J connectivity index is 3.53. The number of benzene rings is 1. The molecule has 1 rings (SSSR count). The average Bonchev–Trinajstić information content (AvgIpc) is 1.98. The van der Waals surface area contributed by atoms with Gasteiger partial charge in [0.1, 0.15) is 5.82 Å². The molecule has 0 bridgehead atoms. The minimum Gasteiger partial charge on any atom is -0.225 e. The summed E-state index contributed by atoms with van der Waals surface area (Å²) in [5.41, 5.74) is 0.675. The van der Waals surface area contributed by atoms with Crippen LogP contribution in [0.2, 0.25) is 0 Å². The number of hydrogen-bond acceptors (Lipinski definition) is 2. The molecule has 1 aromatic rings. The number of nitrogens with two attached hydrogens (primary N) is 1. The summed E-state index contributed by atoms with van der Waals surface area (Å²) in [7, 11) is -3.74. The van der Waals surface area contributed by atoms with Gasteiger partial charge in [-0.3, -0.25) is 0 Å². The second-order valence-electron chi connectivity index (χ2n) is 2.84. The molecule has 0 amide bonds. The van der Waals surface area contributed by atoms with Crippen molar-refractivity contribution in [3.8, 4) is 0 Å². The summed E-state index contributed by atoms with van der Waals surface area (Å²) in [6.45, 7) is 3.04. The highest BCUT2D eigenvalue weighted by atomic mass is 32.2. The van der Waals surface area contributed by atoms with Gasteiger partial charge in [0.2, 0.25) is 10.0 Å². The van der Waals surface area contributed by atoms with Gasteiger partial charge in [-0.1, -0.05) is 0 Å². The van der Waals surface area contributed by atoms with E-state index >= 15 is 0 Å². The third kappa shape index (κ3) is 1.87. The van der Waals surface area contributed by atoms with E-state index in [1.807, 2.05) is 0 Å². The maximum atomic E-state index is 12.9. The largest absolute Gasteiger partial charge is 0.238 e. The predicted molar refractivity (Wildman–Crippen MR) is 47.2 cm³/mol. The molecule has 0 saturated carbocycles. The van der Waals surface area contributed by atoms with E-state index < -0.39 is 15.8 Å². The molecule has 0 saturated heterocycles. The number of halogens is 1. The maximum Gasteiger partial charge on any atom is 0.238 e. The van der Waals surface area contributed by atoms with Crippen molar-refractivity contribution in [3.63, 3.8) is 0 Å². The second-order valence-corrected chi connectivity index (χ2v) is 4.37. The van der Waals surface area contributed by atoms with E-state index in [9.17, 15) is 12.8 Å². The molecular weight excluding hydrogens is 193 g/mol. The Morgan fingerprint density at radius 1 is 1.23 bits per heavy atom. The Morgan fingerprint density at radius 2 is 1.77 bits per heavy atom. The van der Waals surface area contributed by atoms with Crippen LogP contribution in [-0.4, -0.2) is 8.42 Å². The Hall–Kier alpha value is -0.940. The second kappa shape index (κ2) is 3.08. The Morgan fingerprint density at radius 3 is 2.23 bits per heavy atom. The van der Waals surface area contributed by atoms with Crippen LogP contribution in [0.3, 0.4) is 0 Å². The fourth-order valence-corrected chi connectivity index (χ4v) is 1.91. The molecule has 0 atom stereocenters. The SMILES string of the molecule is Cc1c(F)ccc(S(N)(=O)=O)c1C. The van der Waals surface area contributed by atoms with E-state index in [-0.39, 0.29) is 4.90 Å². The molecule has 0 fully saturated rings. The number of hydrogen-bond donors (Lipinski definition) is 1. The van der Waals surface area contributed by atoms with E-state index in [2.05, 4.69) is 0 Å². The van der Waals surface area contributed by atoms with Gasteiger partial charge in [0.15, 0.2) is 0 Å². The molecule has 1 aromatic carbocycles. The maximum absolute atomic E-state index is 12.9. The molecule has 0 aliphatic carbocycles. The summed E-state index contributed by atoms with van der Waals surface area (Å²) in [5, 5.41) is 4.93. The van der Waals surface area contributed by atoms with Crippen molar-refractivity contribution in [2.45, 2.75) is 18.7 Å².